The van der Waals surface area contributed by atoms with Crippen molar-refractivity contribution in [3.8, 4) is 0 Å². The molecule has 2 unspecified atom stereocenters. The summed E-state index contributed by atoms with van der Waals surface area (Å²) in [6.07, 6.45) is 8.76. The van der Waals surface area contributed by atoms with Crippen LogP contribution in [-0.2, 0) is 20.9 Å². The van der Waals surface area contributed by atoms with Crippen LogP contribution in [0.2, 0.25) is 0 Å². The van der Waals surface area contributed by atoms with Gasteiger partial charge in [-0.1, -0.05) is 0 Å². The number of hydrogen-bond donors (Lipinski definition) is 0. The SMILES string of the molecule is COC(C)(C)C(=O)N1CCC2C(CCC(=O)N2CCCn2ccnc2)C1. The number of imidazole rings is 1. The number of ether oxygens (including phenoxy) is 1. The lowest BCUT2D eigenvalue weighted by Crippen LogP contribution is -2.59. The molecule has 3 heterocycles. The Bertz CT molecular complexity index is 629. The minimum Gasteiger partial charge on any atom is -0.369 e. The first-order valence-electron chi connectivity index (χ1n) is 9.52. The standard InChI is InChI=1S/C19H30N4O3/c1-19(2,26-3)18(25)22-11-7-16-15(13-22)5-6-17(24)23(16)10-4-9-21-12-8-20-14-21/h8,12,14-16H,4-7,9-11,13H2,1-3H3. The Morgan fingerprint density at radius 3 is 2.85 bits per heavy atom. The van der Waals surface area contributed by atoms with Gasteiger partial charge in [0.1, 0.15) is 5.60 Å². The van der Waals surface area contributed by atoms with E-state index in [1.807, 2.05) is 35.8 Å². The van der Waals surface area contributed by atoms with E-state index < -0.39 is 5.60 Å². The van der Waals surface area contributed by atoms with Crippen molar-refractivity contribution in [2.24, 2.45) is 5.92 Å². The van der Waals surface area contributed by atoms with Crippen LogP contribution in [0.4, 0.5) is 0 Å². The zero-order valence-corrected chi connectivity index (χ0v) is 16.1. The second kappa shape index (κ2) is 7.78. The van der Waals surface area contributed by atoms with Crippen molar-refractivity contribution in [1.82, 2.24) is 19.4 Å². The molecule has 2 amide bonds. The lowest BCUT2D eigenvalue weighted by molar-refractivity contribution is -0.156. The van der Waals surface area contributed by atoms with Crippen LogP contribution >= 0.6 is 0 Å². The average molecular weight is 362 g/mol. The van der Waals surface area contributed by atoms with Gasteiger partial charge in [-0.25, -0.2) is 4.98 Å². The molecule has 1 aromatic rings. The Labute approximate surface area is 155 Å². The van der Waals surface area contributed by atoms with Crippen LogP contribution < -0.4 is 0 Å². The van der Waals surface area contributed by atoms with E-state index in [0.29, 0.717) is 18.9 Å². The molecule has 7 nitrogen and oxygen atoms in total. The number of methoxy groups -OCH3 is 1. The minimum atomic E-state index is -0.790. The maximum Gasteiger partial charge on any atom is 0.254 e. The van der Waals surface area contributed by atoms with Gasteiger partial charge in [0, 0.05) is 58.1 Å². The molecule has 0 aliphatic carbocycles. The first kappa shape index (κ1) is 18.9. The Morgan fingerprint density at radius 2 is 2.15 bits per heavy atom. The van der Waals surface area contributed by atoms with Crippen LogP contribution in [0.3, 0.4) is 0 Å². The number of piperidine rings is 2. The van der Waals surface area contributed by atoms with Gasteiger partial charge in [0.25, 0.3) is 5.91 Å². The van der Waals surface area contributed by atoms with E-state index in [2.05, 4.69) is 9.88 Å². The van der Waals surface area contributed by atoms with Gasteiger partial charge >= 0.3 is 0 Å². The number of rotatable bonds is 6. The molecule has 3 rings (SSSR count). The van der Waals surface area contributed by atoms with Crippen LogP contribution in [0, 0.1) is 5.92 Å². The summed E-state index contributed by atoms with van der Waals surface area (Å²) in [6.45, 7) is 6.69. The van der Waals surface area contributed by atoms with Crippen molar-refractivity contribution < 1.29 is 14.3 Å². The second-order valence-corrected chi connectivity index (χ2v) is 7.86. The topological polar surface area (TPSA) is 67.7 Å². The molecule has 2 saturated heterocycles. The molecule has 0 aromatic carbocycles. The number of carbonyl (C=O) groups is 2. The summed E-state index contributed by atoms with van der Waals surface area (Å²) in [7, 11) is 1.58. The third-order valence-electron chi connectivity index (χ3n) is 5.83. The Morgan fingerprint density at radius 1 is 1.35 bits per heavy atom. The molecule has 144 valence electrons. The van der Waals surface area contributed by atoms with Crippen LogP contribution in [-0.4, -0.2) is 69.6 Å². The zero-order chi connectivity index (χ0) is 18.7. The molecule has 7 heteroatoms. The highest BCUT2D eigenvalue weighted by atomic mass is 16.5. The molecule has 0 bridgehead atoms. The van der Waals surface area contributed by atoms with Gasteiger partial charge in [-0.3, -0.25) is 9.59 Å². The Kier molecular flexibility index (Phi) is 5.65. The van der Waals surface area contributed by atoms with Gasteiger partial charge in [-0.15, -0.1) is 0 Å². The average Bonchev–Trinajstić information content (AvgIpc) is 3.16. The molecule has 2 aliphatic rings. The van der Waals surface area contributed by atoms with E-state index in [4.69, 9.17) is 4.74 Å². The normalized spacial score (nSPS) is 23.9. The number of aromatic nitrogens is 2. The van der Waals surface area contributed by atoms with E-state index >= 15 is 0 Å². The van der Waals surface area contributed by atoms with Crippen molar-refractivity contribution in [2.75, 3.05) is 26.7 Å². The molecule has 2 fully saturated rings. The molecule has 1 aromatic heterocycles. The fraction of sp³-hybridized carbons (Fsp3) is 0.737. The molecule has 0 spiro atoms. The van der Waals surface area contributed by atoms with E-state index in [1.54, 1.807) is 13.3 Å². The largest absolute Gasteiger partial charge is 0.369 e. The Hall–Kier alpha value is -1.89. The fourth-order valence-corrected chi connectivity index (χ4v) is 4.14. The van der Waals surface area contributed by atoms with Crippen LogP contribution in [0.25, 0.3) is 0 Å². The smallest absolute Gasteiger partial charge is 0.254 e. The monoisotopic (exact) mass is 362 g/mol. The molecule has 26 heavy (non-hydrogen) atoms. The number of amides is 2. The molecular formula is C19H30N4O3. The summed E-state index contributed by atoms with van der Waals surface area (Å²) in [5.41, 5.74) is -0.790. The zero-order valence-electron chi connectivity index (χ0n) is 16.1. The van der Waals surface area contributed by atoms with E-state index in [9.17, 15) is 9.59 Å². The van der Waals surface area contributed by atoms with Crippen molar-refractivity contribution >= 4 is 11.8 Å². The van der Waals surface area contributed by atoms with Crippen LogP contribution in [0.5, 0.6) is 0 Å². The number of carbonyl (C=O) groups excluding carboxylic acids is 2. The number of fused-ring (bicyclic) bond motifs is 1. The summed E-state index contributed by atoms with van der Waals surface area (Å²) in [6, 6.07) is 0.258. The summed E-state index contributed by atoms with van der Waals surface area (Å²) >= 11 is 0. The maximum atomic E-state index is 12.7. The summed E-state index contributed by atoms with van der Waals surface area (Å²) in [5.74, 6) is 0.669. The van der Waals surface area contributed by atoms with Gasteiger partial charge < -0.3 is 19.1 Å². The molecule has 0 radical (unpaired) electrons. The number of aryl methyl sites for hydroxylation is 1. The van der Waals surface area contributed by atoms with E-state index in [0.717, 1.165) is 38.9 Å². The number of likely N-dealkylation sites (tertiary alicyclic amines) is 2. The van der Waals surface area contributed by atoms with Gasteiger partial charge in [0.05, 0.1) is 6.33 Å². The van der Waals surface area contributed by atoms with Crippen LogP contribution in [0.1, 0.15) is 39.5 Å². The van der Waals surface area contributed by atoms with E-state index in [-0.39, 0.29) is 17.9 Å². The quantitative estimate of drug-likeness (QED) is 0.770. The van der Waals surface area contributed by atoms with Crippen LogP contribution in [0.15, 0.2) is 18.7 Å². The third kappa shape index (κ3) is 3.92. The molecule has 0 N–H and O–H groups in total. The number of nitrogens with zero attached hydrogens (tertiary/aromatic N) is 4. The number of hydrogen-bond acceptors (Lipinski definition) is 4. The lowest BCUT2D eigenvalue weighted by Gasteiger charge is -2.48. The first-order chi connectivity index (χ1) is 12.4. The second-order valence-electron chi connectivity index (χ2n) is 7.86. The summed E-state index contributed by atoms with van der Waals surface area (Å²) < 4.78 is 7.39. The maximum absolute atomic E-state index is 12.7. The highest BCUT2D eigenvalue weighted by Gasteiger charge is 2.42. The van der Waals surface area contributed by atoms with Crippen molar-refractivity contribution in [1.29, 1.82) is 0 Å². The van der Waals surface area contributed by atoms with Gasteiger partial charge in [0.2, 0.25) is 5.91 Å². The van der Waals surface area contributed by atoms with Gasteiger partial charge in [-0.05, 0) is 39.0 Å². The van der Waals surface area contributed by atoms with Crippen molar-refractivity contribution in [3.63, 3.8) is 0 Å². The molecule has 2 atom stereocenters. The molecular weight excluding hydrogens is 332 g/mol. The van der Waals surface area contributed by atoms with Gasteiger partial charge in [0.15, 0.2) is 0 Å². The predicted octanol–water partition coefficient (Wildman–Crippen LogP) is 1.54. The lowest BCUT2D eigenvalue weighted by atomic mass is 9.83. The third-order valence-corrected chi connectivity index (χ3v) is 5.83. The highest BCUT2D eigenvalue weighted by molar-refractivity contribution is 5.84. The summed E-state index contributed by atoms with van der Waals surface area (Å²) in [5, 5.41) is 0. The first-order valence-corrected chi connectivity index (χ1v) is 9.52. The molecule has 0 saturated carbocycles. The predicted molar refractivity (Wildman–Crippen MR) is 97.4 cm³/mol. The minimum absolute atomic E-state index is 0.0435. The Balaban J connectivity index is 1.58. The fourth-order valence-electron chi connectivity index (χ4n) is 4.14. The van der Waals surface area contributed by atoms with Crippen molar-refractivity contribution in [3.05, 3.63) is 18.7 Å². The highest BCUT2D eigenvalue weighted by Crippen LogP contribution is 2.32. The van der Waals surface area contributed by atoms with Gasteiger partial charge in [-0.2, -0.15) is 0 Å². The molecule has 2 aliphatic heterocycles. The van der Waals surface area contributed by atoms with E-state index in [1.165, 1.54) is 0 Å². The van der Waals surface area contributed by atoms with Crippen molar-refractivity contribution in [2.45, 2.75) is 57.7 Å². The summed E-state index contributed by atoms with van der Waals surface area (Å²) in [4.78, 5) is 33.2.